The third-order valence-corrected chi connectivity index (χ3v) is 3.08. The van der Waals surface area contributed by atoms with Crippen molar-refractivity contribution < 1.29 is 10.3 Å². The number of oxime groups is 1. The smallest absolute Gasteiger partial charge is 0.188 e. The molecule has 1 fully saturated rings. The Balaban J connectivity index is 2.05. The van der Waals surface area contributed by atoms with Gasteiger partial charge in [0.2, 0.25) is 0 Å². The highest BCUT2D eigenvalue weighted by Gasteiger charge is 2.17. The summed E-state index contributed by atoms with van der Waals surface area (Å²) in [6.07, 6.45) is 3.30. The summed E-state index contributed by atoms with van der Waals surface area (Å²) in [5.41, 5.74) is 7.01. The third kappa shape index (κ3) is 3.18. The third-order valence-electron chi connectivity index (χ3n) is 3.08. The number of aliphatic hydroxyl groups excluding tert-OH is 1. The lowest BCUT2D eigenvalue weighted by molar-refractivity contribution is 0.0668. The van der Waals surface area contributed by atoms with E-state index in [0.29, 0.717) is 12.2 Å². The molecule has 1 aliphatic heterocycles. The molecule has 1 aromatic heterocycles. The minimum atomic E-state index is -0.232. The number of pyridine rings is 1. The number of hydrogen-bond acceptors (Lipinski definition) is 5. The molecule has 0 aromatic carbocycles. The van der Waals surface area contributed by atoms with E-state index in [2.05, 4.69) is 15.0 Å². The monoisotopic (exact) mass is 250 g/mol. The first-order valence-corrected chi connectivity index (χ1v) is 6.02. The van der Waals surface area contributed by atoms with E-state index in [1.54, 1.807) is 12.3 Å². The molecule has 0 radical (unpaired) electrons. The molecule has 1 aliphatic rings. The maximum absolute atomic E-state index is 9.61. The maximum atomic E-state index is 9.61. The van der Waals surface area contributed by atoms with Gasteiger partial charge in [0.25, 0.3) is 0 Å². The fraction of sp³-hybridized carbons (Fsp3) is 0.500. The van der Waals surface area contributed by atoms with E-state index in [4.69, 9.17) is 10.9 Å². The molecule has 0 spiro atoms. The van der Waals surface area contributed by atoms with Crippen molar-refractivity contribution in [2.24, 2.45) is 10.9 Å². The lowest BCUT2D eigenvalue weighted by Crippen LogP contribution is -2.37. The largest absolute Gasteiger partial charge is 0.409 e. The van der Waals surface area contributed by atoms with Gasteiger partial charge < -0.3 is 16.0 Å². The van der Waals surface area contributed by atoms with Crippen LogP contribution >= 0.6 is 0 Å². The van der Waals surface area contributed by atoms with Crippen LogP contribution < -0.4 is 5.73 Å². The molecule has 4 N–H and O–H groups in total. The van der Waals surface area contributed by atoms with E-state index in [0.717, 1.165) is 31.5 Å². The van der Waals surface area contributed by atoms with E-state index in [1.807, 2.05) is 6.07 Å². The van der Waals surface area contributed by atoms with Crippen molar-refractivity contribution in [3.05, 3.63) is 29.6 Å². The van der Waals surface area contributed by atoms with Crippen molar-refractivity contribution in [1.29, 1.82) is 0 Å². The zero-order valence-electron chi connectivity index (χ0n) is 10.2. The average Bonchev–Trinajstić information content (AvgIpc) is 2.38. The van der Waals surface area contributed by atoms with Gasteiger partial charge in [-0.05, 0) is 37.1 Å². The van der Waals surface area contributed by atoms with Crippen molar-refractivity contribution in [3.63, 3.8) is 0 Å². The second-order valence-electron chi connectivity index (χ2n) is 4.57. The van der Waals surface area contributed by atoms with E-state index in [9.17, 15) is 5.11 Å². The predicted molar refractivity (Wildman–Crippen MR) is 67.3 cm³/mol. The number of amidine groups is 1. The lowest BCUT2D eigenvalue weighted by Gasteiger charge is -2.29. The van der Waals surface area contributed by atoms with Crippen LogP contribution in [0.25, 0.3) is 0 Å². The van der Waals surface area contributed by atoms with Gasteiger partial charge in [-0.25, -0.2) is 0 Å². The first-order valence-electron chi connectivity index (χ1n) is 6.02. The molecule has 1 saturated heterocycles. The van der Waals surface area contributed by atoms with Gasteiger partial charge in [0, 0.05) is 19.3 Å². The van der Waals surface area contributed by atoms with Gasteiger partial charge in [-0.15, -0.1) is 0 Å². The van der Waals surface area contributed by atoms with E-state index < -0.39 is 0 Å². The molecule has 0 amide bonds. The zero-order chi connectivity index (χ0) is 13.0. The number of hydrogen-bond donors (Lipinski definition) is 3. The van der Waals surface area contributed by atoms with E-state index >= 15 is 0 Å². The fourth-order valence-electron chi connectivity index (χ4n) is 2.20. The summed E-state index contributed by atoms with van der Waals surface area (Å²) in [4.78, 5) is 6.23. The molecule has 2 rings (SSSR count). The molecular formula is C12H18N4O2. The van der Waals surface area contributed by atoms with E-state index in [1.165, 1.54) is 0 Å². The summed E-state index contributed by atoms with van der Waals surface area (Å²) in [6.45, 7) is 2.42. The van der Waals surface area contributed by atoms with Crippen LogP contribution in [0.4, 0.5) is 0 Å². The van der Waals surface area contributed by atoms with Crippen molar-refractivity contribution in [1.82, 2.24) is 9.88 Å². The average molecular weight is 250 g/mol. The van der Waals surface area contributed by atoms with Crippen LogP contribution in [-0.2, 0) is 6.54 Å². The first-order chi connectivity index (χ1) is 8.69. The number of β-amino-alcohol motifs (C(OH)–C–C–N with tert-alkyl or cyclic N) is 1. The minimum absolute atomic E-state index is 0.00975. The zero-order valence-corrected chi connectivity index (χ0v) is 10.2. The number of likely N-dealkylation sites (tertiary alicyclic amines) is 1. The molecule has 6 nitrogen and oxygen atoms in total. The summed E-state index contributed by atoms with van der Waals surface area (Å²) in [6, 6.07) is 3.70. The summed E-state index contributed by atoms with van der Waals surface area (Å²) < 4.78 is 0. The lowest BCUT2D eigenvalue weighted by atomic mass is 10.1. The van der Waals surface area contributed by atoms with Gasteiger partial charge in [-0.2, -0.15) is 0 Å². The van der Waals surface area contributed by atoms with Crippen molar-refractivity contribution in [3.8, 4) is 0 Å². The Hall–Kier alpha value is -1.66. The van der Waals surface area contributed by atoms with Crippen LogP contribution in [0.15, 0.2) is 23.5 Å². The van der Waals surface area contributed by atoms with Gasteiger partial charge in [-0.3, -0.25) is 9.88 Å². The number of piperidine rings is 1. The van der Waals surface area contributed by atoms with Crippen LogP contribution in [0.3, 0.4) is 0 Å². The molecule has 0 bridgehead atoms. The minimum Gasteiger partial charge on any atom is -0.409 e. The fourth-order valence-corrected chi connectivity index (χ4v) is 2.20. The molecule has 0 aliphatic carbocycles. The number of nitrogens with two attached hydrogens (primary N) is 1. The second kappa shape index (κ2) is 5.79. The van der Waals surface area contributed by atoms with Crippen LogP contribution in [0.5, 0.6) is 0 Å². The van der Waals surface area contributed by atoms with Crippen LogP contribution in [0.1, 0.15) is 24.1 Å². The Labute approximate surface area is 106 Å². The Morgan fingerprint density at radius 3 is 3.17 bits per heavy atom. The number of rotatable bonds is 3. The second-order valence-corrected chi connectivity index (χ2v) is 4.57. The molecule has 18 heavy (non-hydrogen) atoms. The standard InChI is InChI=1S/C12H18N4O2/c13-12(15-18)11-6-9(3-4-14-11)7-16-5-1-2-10(17)8-16/h3-4,6,10,17-18H,1-2,5,7-8H2,(H2,13,15). The normalized spacial score (nSPS) is 22.1. The van der Waals surface area contributed by atoms with Crippen molar-refractivity contribution in [2.45, 2.75) is 25.5 Å². The molecule has 0 saturated carbocycles. The van der Waals surface area contributed by atoms with Gasteiger partial charge in [0.05, 0.1) is 6.10 Å². The highest BCUT2D eigenvalue weighted by Crippen LogP contribution is 2.13. The Kier molecular flexibility index (Phi) is 4.11. The topological polar surface area (TPSA) is 95.0 Å². The summed E-state index contributed by atoms with van der Waals surface area (Å²) in [5.74, 6) is 0.00975. The molecule has 1 unspecified atom stereocenters. The van der Waals surface area contributed by atoms with Gasteiger partial charge in [-0.1, -0.05) is 5.16 Å². The van der Waals surface area contributed by atoms with Crippen molar-refractivity contribution >= 4 is 5.84 Å². The van der Waals surface area contributed by atoms with Crippen LogP contribution in [-0.4, -0.2) is 45.2 Å². The molecule has 98 valence electrons. The molecule has 1 aromatic rings. The predicted octanol–water partition coefficient (Wildman–Crippen LogP) is 0.133. The van der Waals surface area contributed by atoms with Gasteiger partial charge in [0.1, 0.15) is 5.69 Å². The van der Waals surface area contributed by atoms with Crippen molar-refractivity contribution in [2.75, 3.05) is 13.1 Å². The van der Waals surface area contributed by atoms with Gasteiger partial charge in [0.15, 0.2) is 5.84 Å². The summed E-state index contributed by atoms with van der Waals surface area (Å²) in [7, 11) is 0. The first kappa shape index (κ1) is 12.8. The quantitative estimate of drug-likeness (QED) is 0.307. The summed E-state index contributed by atoms with van der Waals surface area (Å²) >= 11 is 0. The Morgan fingerprint density at radius 1 is 1.61 bits per heavy atom. The highest BCUT2D eigenvalue weighted by atomic mass is 16.4. The Morgan fingerprint density at radius 2 is 2.44 bits per heavy atom. The molecule has 2 heterocycles. The number of nitrogens with zero attached hydrogens (tertiary/aromatic N) is 3. The molecule has 6 heteroatoms. The van der Waals surface area contributed by atoms with Gasteiger partial charge >= 0.3 is 0 Å². The molecular weight excluding hydrogens is 232 g/mol. The van der Waals surface area contributed by atoms with Crippen LogP contribution in [0.2, 0.25) is 0 Å². The molecule has 1 atom stereocenters. The van der Waals surface area contributed by atoms with E-state index in [-0.39, 0.29) is 11.9 Å². The SMILES string of the molecule is NC(=NO)c1cc(CN2CCCC(O)C2)ccn1. The summed E-state index contributed by atoms with van der Waals surface area (Å²) in [5, 5.41) is 21.2. The maximum Gasteiger partial charge on any atom is 0.188 e. The highest BCUT2D eigenvalue weighted by molar-refractivity contribution is 5.95. The number of aromatic nitrogens is 1. The van der Waals surface area contributed by atoms with Crippen LogP contribution in [0, 0.1) is 0 Å². The number of aliphatic hydroxyl groups is 1. The Bertz CT molecular complexity index is 436.